The number of nitrogens with zero attached hydrogens (tertiary/aromatic N) is 3. The molecular weight excluding hydrogens is 121 g/mol. The lowest BCUT2D eigenvalue weighted by Crippen LogP contribution is -1.47. The van der Waals surface area contributed by atoms with Crippen molar-refractivity contribution in [2.75, 3.05) is 0 Å². The number of rotatable bonds is 1. The SMILES string of the molecule is CCCC.[N-]=[N+]=NP. The average Bonchev–Trinajstić information content (AvgIpc) is 1.88. The molecule has 0 bridgehead atoms. The van der Waals surface area contributed by atoms with Crippen LogP contribution in [0.15, 0.2) is 4.88 Å². The molecule has 48 valence electrons. The van der Waals surface area contributed by atoms with E-state index in [2.05, 4.69) is 23.6 Å². The van der Waals surface area contributed by atoms with Crippen LogP contribution in [0, 0.1) is 0 Å². The number of hydrogen-bond acceptors (Lipinski definition) is 1. The lowest BCUT2D eigenvalue weighted by atomic mass is 10.4. The molecule has 0 saturated heterocycles. The fourth-order valence-electron chi connectivity index (χ4n) is 0. The first-order valence-corrected chi connectivity index (χ1v) is 3.09. The second-order valence-electron chi connectivity index (χ2n) is 1.20. The van der Waals surface area contributed by atoms with Gasteiger partial charge in [0.25, 0.3) is 0 Å². The van der Waals surface area contributed by atoms with Crippen molar-refractivity contribution < 1.29 is 0 Å². The van der Waals surface area contributed by atoms with Gasteiger partial charge in [-0.3, -0.25) is 0 Å². The molecule has 0 rings (SSSR count). The molecule has 0 aromatic rings. The molecule has 0 aromatic heterocycles. The van der Waals surface area contributed by atoms with Crippen molar-refractivity contribution in [1.29, 1.82) is 0 Å². The molecule has 0 aliphatic carbocycles. The highest BCUT2D eigenvalue weighted by Crippen LogP contribution is 1.76. The summed E-state index contributed by atoms with van der Waals surface area (Å²) in [5, 5.41) is 0. The molecule has 0 fully saturated rings. The maximum absolute atomic E-state index is 7.31. The Hall–Kier alpha value is -0.260. The quantitative estimate of drug-likeness (QED) is 0.228. The standard InChI is InChI=1S/C4H10.H2N3P/c1-3-4-2;1-2-3-4/h3-4H2,1-2H3;4H2. The van der Waals surface area contributed by atoms with Crippen LogP contribution in [0.25, 0.3) is 10.4 Å². The molecule has 1 atom stereocenters. The van der Waals surface area contributed by atoms with Crippen molar-refractivity contribution in [3.63, 3.8) is 0 Å². The van der Waals surface area contributed by atoms with Crippen molar-refractivity contribution in [3.8, 4) is 0 Å². The van der Waals surface area contributed by atoms with Gasteiger partial charge in [0.15, 0.2) is 0 Å². The molecule has 0 aliphatic rings. The summed E-state index contributed by atoms with van der Waals surface area (Å²) in [5.41, 5.74) is 7.31. The van der Waals surface area contributed by atoms with Crippen LogP contribution < -0.4 is 0 Å². The first-order valence-electron chi connectivity index (χ1n) is 2.57. The predicted octanol–water partition coefficient (Wildman–Crippen LogP) is 2.89. The van der Waals surface area contributed by atoms with E-state index in [1.807, 2.05) is 9.39 Å². The normalized spacial score (nSPS) is 5.88. The fourth-order valence-corrected chi connectivity index (χ4v) is 0. The molecule has 0 N–H and O–H groups in total. The highest BCUT2D eigenvalue weighted by atomic mass is 31.0. The van der Waals surface area contributed by atoms with Gasteiger partial charge in [-0.25, -0.2) is 0 Å². The summed E-state index contributed by atoms with van der Waals surface area (Å²) >= 11 is 0. The molecule has 3 nitrogen and oxygen atoms in total. The van der Waals surface area contributed by atoms with Crippen LogP contribution >= 0.6 is 9.39 Å². The molecule has 0 saturated carbocycles. The van der Waals surface area contributed by atoms with Crippen LogP contribution in [0.3, 0.4) is 0 Å². The summed E-state index contributed by atoms with van der Waals surface area (Å²) in [6.45, 7) is 4.36. The zero-order chi connectivity index (χ0) is 6.83. The minimum atomic E-state index is 1.32. The van der Waals surface area contributed by atoms with E-state index in [1.165, 1.54) is 12.8 Å². The Morgan fingerprint density at radius 2 is 1.75 bits per heavy atom. The van der Waals surface area contributed by atoms with Gasteiger partial charge in [0, 0.05) is 4.91 Å². The van der Waals surface area contributed by atoms with Gasteiger partial charge in [0.2, 0.25) is 0 Å². The van der Waals surface area contributed by atoms with E-state index in [0.717, 1.165) is 0 Å². The van der Waals surface area contributed by atoms with E-state index in [1.54, 1.807) is 0 Å². The van der Waals surface area contributed by atoms with E-state index >= 15 is 0 Å². The minimum Gasteiger partial charge on any atom is -0.0793 e. The lowest BCUT2D eigenvalue weighted by Gasteiger charge is -1.68. The van der Waals surface area contributed by atoms with Crippen LogP contribution in [0.4, 0.5) is 0 Å². The molecule has 0 heterocycles. The van der Waals surface area contributed by atoms with E-state index in [4.69, 9.17) is 5.53 Å². The monoisotopic (exact) mass is 133 g/mol. The van der Waals surface area contributed by atoms with Crippen LogP contribution in [0.2, 0.25) is 0 Å². The Morgan fingerprint density at radius 1 is 1.50 bits per heavy atom. The van der Waals surface area contributed by atoms with Gasteiger partial charge in [-0.05, 0) is 14.9 Å². The molecular formula is C4H12N3P. The lowest BCUT2D eigenvalue weighted by molar-refractivity contribution is 0.886. The molecule has 8 heavy (non-hydrogen) atoms. The Kier molecular flexibility index (Phi) is 21.2. The van der Waals surface area contributed by atoms with Gasteiger partial charge in [-0.1, -0.05) is 31.6 Å². The third kappa shape index (κ3) is 42.6. The van der Waals surface area contributed by atoms with Crippen molar-refractivity contribution in [3.05, 3.63) is 10.4 Å². The molecule has 0 aromatic carbocycles. The van der Waals surface area contributed by atoms with Crippen molar-refractivity contribution in [1.82, 2.24) is 0 Å². The van der Waals surface area contributed by atoms with Crippen LogP contribution in [-0.4, -0.2) is 0 Å². The number of unbranched alkanes of at least 4 members (excludes halogenated alkanes) is 1. The van der Waals surface area contributed by atoms with E-state index in [-0.39, 0.29) is 0 Å². The average molecular weight is 133 g/mol. The highest BCUT2D eigenvalue weighted by Gasteiger charge is 1.56. The third-order valence-corrected chi connectivity index (χ3v) is 0.655. The first kappa shape index (κ1) is 10.7. The Bertz CT molecular complexity index is 65.7. The Labute approximate surface area is 52.4 Å². The fraction of sp³-hybridized carbons (Fsp3) is 1.00. The second-order valence-corrected chi connectivity index (χ2v) is 1.44. The molecule has 0 amide bonds. The Morgan fingerprint density at radius 3 is 1.75 bits per heavy atom. The van der Waals surface area contributed by atoms with Crippen LogP contribution in [-0.2, 0) is 0 Å². The van der Waals surface area contributed by atoms with Gasteiger partial charge in [-0.15, -0.1) is 0 Å². The van der Waals surface area contributed by atoms with Crippen LogP contribution in [0.5, 0.6) is 0 Å². The summed E-state index contributed by atoms with van der Waals surface area (Å²) in [6.07, 6.45) is 2.64. The maximum Gasteiger partial charge on any atom is 0.00419 e. The second kappa shape index (κ2) is 15.9. The Balaban J connectivity index is 0. The van der Waals surface area contributed by atoms with Gasteiger partial charge in [0.05, 0.1) is 0 Å². The van der Waals surface area contributed by atoms with Gasteiger partial charge >= 0.3 is 0 Å². The predicted molar refractivity (Wildman–Crippen MR) is 39.4 cm³/mol. The third-order valence-electron chi connectivity index (χ3n) is 0.552. The van der Waals surface area contributed by atoms with Gasteiger partial charge < -0.3 is 0 Å². The number of hydrogen-bond donors (Lipinski definition) is 0. The zero-order valence-electron chi connectivity index (χ0n) is 5.33. The van der Waals surface area contributed by atoms with Gasteiger partial charge in [0.1, 0.15) is 0 Å². The summed E-state index contributed by atoms with van der Waals surface area (Å²) in [5.74, 6) is 0. The maximum atomic E-state index is 7.31. The first-order chi connectivity index (χ1) is 3.83. The van der Waals surface area contributed by atoms with Gasteiger partial charge in [-0.2, -0.15) is 0 Å². The van der Waals surface area contributed by atoms with Crippen molar-refractivity contribution >= 4 is 9.39 Å². The summed E-state index contributed by atoms with van der Waals surface area (Å²) in [6, 6.07) is 0. The minimum absolute atomic E-state index is 1.32. The summed E-state index contributed by atoms with van der Waals surface area (Å²) in [4.78, 5) is 5.16. The molecule has 0 spiro atoms. The number of azide groups is 1. The van der Waals surface area contributed by atoms with Crippen molar-refractivity contribution in [2.45, 2.75) is 26.7 Å². The smallest absolute Gasteiger partial charge is 0.00419 e. The van der Waals surface area contributed by atoms with Crippen LogP contribution in [0.1, 0.15) is 26.7 Å². The summed E-state index contributed by atoms with van der Waals surface area (Å²) < 4.78 is 0. The molecule has 0 radical (unpaired) electrons. The molecule has 1 unspecified atom stereocenters. The zero-order valence-corrected chi connectivity index (χ0v) is 6.49. The highest BCUT2D eigenvalue weighted by molar-refractivity contribution is 7.14. The molecule has 0 aliphatic heterocycles. The van der Waals surface area contributed by atoms with E-state index in [9.17, 15) is 0 Å². The van der Waals surface area contributed by atoms with E-state index in [0.29, 0.717) is 0 Å². The molecule has 4 heteroatoms. The van der Waals surface area contributed by atoms with Crippen molar-refractivity contribution in [2.24, 2.45) is 4.88 Å². The summed E-state index contributed by atoms with van der Waals surface area (Å²) in [7, 11) is 1.86. The largest absolute Gasteiger partial charge is 0.0793 e. The van der Waals surface area contributed by atoms with E-state index < -0.39 is 0 Å². The topological polar surface area (TPSA) is 48.8 Å².